The van der Waals surface area contributed by atoms with Gasteiger partial charge in [0.25, 0.3) is 11.1 Å². The number of carbonyl (C=O) groups is 4. The highest BCUT2D eigenvalue weighted by Crippen LogP contribution is 2.37. The van der Waals surface area contributed by atoms with Gasteiger partial charge in [-0.3, -0.25) is 19.3 Å². The molecule has 1 heterocycles. The first-order valence-electron chi connectivity index (χ1n) is 9.87. The highest BCUT2D eigenvalue weighted by molar-refractivity contribution is 14.1. The molecule has 0 N–H and O–H groups in total. The number of methoxy groups -OCH3 is 1. The summed E-state index contributed by atoms with van der Waals surface area (Å²) >= 11 is 2.77. The van der Waals surface area contributed by atoms with Crippen molar-refractivity contribution in [3.63, 3.8) is 0 Å². The number of benzene rings is 1. The van der Waals surface area contributed by atoms with Crippen LogP contribution in [0.2, 0.25) is 0 Å². The van der Waals surface area contributed by atoms with Crippen molar-refractivity contribution < 1.29 is 38.1 Å². The lowest BCUT2D eigenvalue weighted by Gasteiger charge is -2.14. The fourth-order valence-corrected chi connectivity index (χ4v) is 4.18. The fraction of sp³-hybridized carbons (Fsp3) is 0.429. The van der Waals surface area contributed by atoms with Crippen molar-refractivity contribution in [1.29, 1.82) is 0 Å². The monoisotopic (exact) mass is 577 g/mol. The molecule has 0 saturated carbocycles. The number of hydrogen-bond donors (Lipinski definition) is 0. The molecule has 0 radical (unpaired) electrons. The number of amides is 2. The molecule has 0 aliphatic carbocycles. The second kappa shape index (κ2) is 12.7. The molecule has 9 nitrogen and oxygen atoms in total. The first kappa shape index (κ1) is 26.0. The Kier molecular flexibility index (Phi) is 10.3. The molecule has 1 saturated heterocycles. The highest BCUT2D eigenvalue weighted by Gasteiger charge is 2.36. The van der Waals surface area contributed by atoms with E-state index < -0.39 is 29.6 Å². The maximum atomic E-state index is 12.7. The largest absolute Gasteiger partial charge is 0.490 e. The van der Waals surface area contributed by atoms with Crippen LogP contribution in [0.5, 0.6) is 11.5 Å². The van der Waals surface area contributed by atoms with Crippen LogP contribution in [0, 0.1) is 3.57 Å². The summed E-state index contributed by atoms with van der Waals surface area (Å²) in [6.07, 6.45) is 3.13. The molecule has 32 heavy (non-hydrogen) atoms. The number of ether oxygens (including phenoxy) is 4. The SMILES string of the molecule is CCCCOC(=O)CN1C(=O)S/C(=C/c2cc(I)c(OCC(=O)OC)c(OCC)c2)C1=O. The van der Waals surface area contributed by atoms with Gasteiger partial charge >= 0.3 is 11.9 Å². The topological polar surface area (TPSA) is 108 Å². The summed E-state index contributed by atoms with van der Waals surface area (Å²) in [5.41, 5.74) is 0.597. The Morgan fingerprint density at radius 1 is 1.16 bits per heavy atom. The van der Waals surface area contributed by atoms with E-state index in [1.807, 2.05) is 29.5 Å². The fourth-order valence-electron chi connectivity index (χ4n) is 2.56. The Morgan fingerprint density at radius 3 is 2.56 bits per heavy atom. The second-order valence-electron chi connectivity index (χ2n) is 6.47. The third-order valence-electron chi connectivity index (χ3n) is 4.11. The number of thioether (sulfide) groups is 1. The number of halogens is 1. The van der Waals surface area contributed by atoms with E-state index >= 15 is 0 Å². The predicted molar refractivity (Wildman–Crippen MR) is 126 cm³/mol. The standard InChI is InChI=1S/C21H24INO8S/c1-4-6-7-30-17(24)11-23-20(26)16(32-21(23)27)10-13-8-14(22)19(15(9-13)29-5-2)31-12-18(25)28-3/h8-10H,4-7,11-12H2,1-3H3/b16-10+. The molecule has 1 aliphatic heterocycles. The molecule has 0 unspecified atom stereocenters. The number of nitrogens with zero attached hydrogens (tertiary/aromatic N) is 1. The summed E-state index contributed by atoms with van der Waals surface area (Å²) in [4.78, 5) is 49.3. The maximum absolute atomic E-state index is 12.7. The zero-order chi connectivity index (χ0) is 23.7. The lowest BCUT2D eigenvalue weighted by Crippen LogP contribution is -2.34. The molecule has 0 aromatic heterocycles. The van der Waals surface area contributed by atoms with E-state index in [0.29, 0.717) is 33.7 Å². The van der Waals surface area contributed by atoms with Gasteiger partial charge in [-0.15, -0.1) is 0 Å². The predicted octanol–water partition coefficient (Wildman–Crippen LogP) is 3.62. The Balaban J connectivity index is 2.20. The van der Waals surface area contributed by atoms with Crippen LogP contribution in [0.25, 0.3) is 6.08 Å². The summed E-state index contributed by atoms with van der Waals surface area (Å²) in [6.45, 7) is 3.67. The molecular formula is C21H24INO8S. The zero-order valence-electron chi connectivity index (χ0n) is 18.0. The average molecular weight is 577 g/mol. The van der Waals surface area contributed by atoms with E-state index in [4.69, 9.17) is 14.2 Å². The van der Waals surface area contributed by atoms with Gasteiger partial charge in [-0.05, 0) is 71.5 Å². The van der Waals surface area contributed by atoms with Gasteiger partial charge in [0.15, 0.2) is 18.1 Å². The van der Waals surface area contributed by atoms with E-state index in [2.05, 4.69) is 4.74 Å². The van der Waals surface area contributed by atoms with Crippen LogP contribution in [-0.4, -0.2) is 61.5 Å². The van der Waals surface area contributed by atoms with Crippen molar-refractivity contribution in [3.05, 3.63) is 26.2 Å². The van der Waals surface area contributed by atoms with Crippen molar-refractivity contribution >= 4 is 63.5 Å². The minimum Gasteiger partial charge on any atom is -0.490 e. The Labute approximate surface area is 203 Å². The van der Waals surface area contributed by atoms with Gasteiger partial charge in [-0.25, -0.2) is 4.79 Å². The van der Waals surface area contributed by atoms with E-state index in [9.17, 15) is 19.2 Å². The van der Waals surface area contributed by atoms with Gasteiger partial charge in [0.1, 0.15) is 6.54 Å². The molecular weight excluding hydrogens is 553 g/mol. The molecule has 1 aliphatic rings. The minimum atomic E-state index is -0.623. The van der Waals surface area contributed by atoms with Crippen LogP contribution < -0.4 is 9.47 Å². The number of rotatable bonds is 11. The normalized spacial score (nSPS) is 14.6. The molecule has 0 bridgehead atoms. The van der Waals surface area contributed by atoms with Gasteiger partial charge < -0.3 is 18.9 Å². The average Bonchev–Trinajstić information content (AvgIpc) is 3.00. The van der Waals surface area contributed by atoms with Crippen LogP contribution in [0.3, 0.4) is 0 Å². The van der Waals surface area contributed by atoms with Crippen LogP contribution in [0.1, 0.15) is 32.3 Å². The Morgan fingerprint density at radius 2 is 1.91 bits per heavy atom. The molecule has 1 fully saturated rings. The highest BCUT2D eigenvalue weighted by atomic mass is 127. The lowest BCUT2D eigenvalue weighted by atomic mass is 10.2. The number of unbranched alkanes of at least 4 members (excludes halogenated alkanes) is 1. The summed E-state index contributed by atoms with van der Waals surface area (Å²) in [5, 5.41) is -0.536. The molecule has 0 atom stereocenters. The third kappa shape index (κ3) is 7.12. The molecule has 1 aromatic rings. The summed E-state index contributed by atoms with van der Waals surface area (Å²) in [7, 11) is 1.27. The lowest BCUT2D eigenvalue weighted by molar-refractivity contribution is -0.146. The summed E-state index contributed by atoms with van der Waals surface area (Å²) in [6, 6.07) is 3.37. The quantitative estimate of drug-likeness (QED) is 0.169. The van der Waals surface area contributed by atoms with E-state index in [1.165, 1.54) is 7.11 Å². The van der Waals surface area contributed by atoms with Crippen molar-refractivity contribution in [1.82, 2.24) is 4.90 Å². The molecule has 1 aromatic carbocycles. The van der Waals surface area contributed by atoms with Crippen molar-refractivity contribution in [3.8, 4) is 11.5 Å². The third-order valence-corrected chi connectivity index (χ3v) is 5.82. The van der Waals surface area contributed by atoms with E-state index in [-0.39, 0.29) is 18.1 Å². The van der Waals surface area contributed by atoms with E-state index in [1.54, 1.807) is 25.1 Å². The number of hydrogen-bond acceptors (Lipinski definition) is 9. The molecule has 0 spiro atoms. The first-order chi connectivity index (χ1) is 15.3. The molecule has 2 rings (SSSR count). The van der Waals surface area contributed by atoms with E-state index in [0.717, 1.165) is 23.1 Å². The van der Waals surface area contributed by atoms with Gasteiger partial charge in [0, 0.05) is 0 Å². The maximum Gasteiger partial charge on any atom is 0.343 e. The van der Waals surface area contributed by atoms with Crippen LogP contribution >= 0.6 is 34.4 Å². The second-order valence-corrected chi connectivity index (χ2v) is 8.63. The van der Waals surface area contributed by atoms with Gasteiger partial charge in [0.2, 0.25) is 0 Å². The van der Waals surface area contributed by atoms with Crippen molar-refractivity contribution in [2.45, 2.75) is 26.7 Å². The zero-order valence-corrected chi connectivity index (χ0v) is 20.9. The number of carbonyl (C=O) groups excluding carboxylic acids is 4. The van der Waals surface area contributed by atoms with Gasteiger partial charge in [0.05, 0.1) is 28.8 Å². The van der Waals surface area contributed by atoms with Gasteiger partial charge in [-0.2, -0.15) is 0 Å². The smallest absolute Gasteiger partial charge is 0.343 e. The summed E-state index contributed by atoms with van der Waals surface area (Å²) < 4.78 is 21.4. The number of esters is 2. The molecule has 11 heteroatoms. The minimum absolute atomic E-state index is 0.179. The van der Waals surface area contributed by atoms with Crippen LogP contribution in [0.4, 0.5) is 4.79 Å². The van der Waals surface area contributed by atoms with Crippen molar-refractivity contribution in [2.24, 2.45) is 0 Å². The van der Waals surface area contributed by atoms with Crippen LogP contribution in [-0.2, 0) is 23.9 Å². The summed E-state index contributed by atoms with van der Waals surface area (Å²) in [5.74, 6) is -0.964. The Hall–Kier alpha value is -2.28. The molecule has 174 valence electrons. The van der Waals surface area contributed by atoms with Gasteiger partial charge in [-0.1, -0.05) is 13.3 Å². The molecule has 2 amide bonds. The first-order valence-corrected chi connectivity index (χ1v) is 11.8. The van der Waals surface area contributed by atoms with Crippen LogP contribution in [0.15, 0.2) is 17.0 Å². The Bertz CT molecular complexity index is 917. The number of imide groups is 1. The van der Waals surface area contributed by atoms with Crippen molar-refractivity contribution in [2.75, 3.05) is 33.5 Å².